The molecule has 4 nitrogen and oxygen atoms in total. The summed E-state index contributed by atoms with van der Waals surface area (Å²) in [5.41, 5.74) is 0. The fraction of sp³-hybridized carbons (Fsp3) is 0.923. The molecule has 4 heteroatoms. The van der Waals surface area contributed by atoms with Gasteiger partial charge in [-0.15, -0.1) is 0 Å². The van der Waals surface area contributed by atoms with E-state index in [-0.39, 0.29) is 0 Å². The van der Waals surface area contributed by atoms with Gasteiger partial charge in [-0.3, -0.25) is 9.69 Å². The standard InChI is InChI=1S/C13H27N3O/c1-3-5-9-15(4-2)12-13(17)16-10-6-7-14-8-11-16/h14H,3-12H2,1-2H3. The Morgan fingerprint density at radius 1 is 1.29 bits per heavy atom. The minimum Gasteiger partial charge on any atom is -0.340 e. The molecule has 100 valence electrons. The zero-order valence-electron chi connectivity index (χ0n) is 11.4. The molecule has 0 unspecified atom stereocenters. The molecule has 0 radical (unpaired) electrons. The average molecular weight is 241 g/mol. The monoisotopic (exact) mass is 241 g/mol. The van der Waals surface area contributed by atoms with Crippen molar-refractivity contribution in [3.63, 3.8) is 0 Å². The fourth-order valence-corrected chi connectivity index (χ4v) is 2.12. The summed E-state index contributed by atoms with van der Waals surface area (Å²) in [6.07, 6.45) is 3.45. The molecule has 1 rings (SSSR count). The van der Waals surface area contributed by atoms with Crippen molar-refractivity contribution in [2.75, 3.05) is 45.8 Å². The molecule has 0 aromatic heterocycles. The summed E-state index contributed by atoms with van der Waals surface area (Å²) in [5.74, 6) is 0.298. The summed E-state index contributed by atoms with van der Waals surface area (Å²) in [7, 11) is 0. The third-order valence-electron chi connectivity index (χ3n) is 3.33. The number of nitrogens with one attached hydrogen (secondary N) is 1. The van der Waals surface area contributed by atoms with Gasteiger partial charge in [-0.25, -0.2) is 0 Å². The number of carbonyl (C=O) groups excluding carboxylic acids is 1. The Hall–Kier alpha value is -0.610. The van der Waals surface area contributed by atoms with Crippen molar-refractivity contribution >= 4 is 5.91 Å². The summed E-state index contributed by atoms with van der Waals surface area (Å²) in [5, 5.41) is 3.33. The highest BCUT2D eigenvalue weighted by atomic mass is 16.2. The second-order valence-electron chi connectivity index (χ2n) is 4.71. The second kappa shape index (κ2) is 8.48. The van der Waals surface area contributed by atoms with E-state index < -0.39 is 0 Å². The Morgan fingerprint density at radius 2 is 2.12 bits per heavy atom. The van der Waals surface area contributed by atoms with Crippen molar-refractivity contribution in [1.82, 2.24) is 15.1 Å². The van der Waals surface area contributed by atoms with E-state index in [1.807, 2.05) is 4.90 Å². The van der Waals surface area contributed by atoms with Crippen LogP contribution in [0.2, 0.25) is 0 Å². The molecule has 1 fully saturated rings. The van der Waals surface area contributed by atoms with Gasteiger partial charge in [0.25, 0.3) is 0 Å². The molecule has 1 N–H and O–H groups in total. The lowest BCUT2D eigenvalue weighted by Crippen LogP contribution is -2.42. The van der Waals surface area contributed by atoms with Gasteiger partial charge < -0.3 is 10.2 Å². The number of hydrogen-bond acceptors (Lipinski definition) is 3. The zero-order valence-corrected chi connectivity index (χ0v) is 11.4. The Morgan fingerprint density at radius 3 is 2.82 bits per heavy atom. The molecule has 0 aliphatic carbocycles. The number of likely N-dealkylation sites (N-methyl/N-ethyl adjacent to an activating group) is 1. The van der Waals surface area contributed by atoms with Gasteiger partial charge in [-0.1, -0.05) is 20.3 Å². The summed E-state index contributed by atoms with van der Waals surface area (Å²) >= 11 is 0. The molecular weight excluding hydrogens is 214 g/mol. The lowest BCUT2D eigenvalue weighted by Gasteiger charge is -2.25. The van der Waals surface area contributed by atoms with Crippen LogP contribution in [-0.4, -0.2) is 61.5 Å². The van der Waals surface area contributed by atoms with Crippen LogP contribution in [0.5, 0.6) is 0 Å². The molecular formula is C13H27N3O. The Balaban J connectivity index is 2.34. The largest absolute Gasteiger partial charge is 0.340 e. The molecule has 0 atom stereocenters. The molecule has 1 aliphatic rings. The van der Waals surface area contributed by atoms with Crippen LogP contribution < -0.4 is 5.32 Å². The van der Waals surface area contributed by atoms with E-state index in [1.54, 1.807) is 0 Å². The first-order chi connectivity index (χ1) is 8.27. The van der Waals surface area contributed by atoms with E-state index in [2.05, 4.69) is 24.1 Å². The van der Waals surface area contributed by atoms with Gasteiger partial charge in [0.2, 0.25) is 5.91 Å². The van der Waals surface area contributed by atoms with Gasteiger partial charge in [0.05, 0.1) is 6.54 Å². The number of rotatable bonds is 6. The van der Waals surface area contributed by atoms with Crippen LogP contribution >= 0.6 is 0 Å². The van der Waals surface area contributed by atoms with Crippen molar-refractivity contribution in [2.24, 2.45) is 0 Å². The summed E-state index contributed by atoms with van der Waals surface area (Å²) in [6.45, 7) is 10.7. The quantitative estimate of drug-likeness (QED) is 0.751. The molecule has 0 saturated carbocycles. The van der Waals surface area contributed by atoms with Gasteiger partial charge in [0, 0.05) is 19.6 Å². The van der Waals surface area contributed by atoms with Crippen LogP contribution in [0.3, 0.4) is 0 Å². The first kappa shape index (κ1) is 14.5. The lowest BCUT2D eigenvalue weighted by molar-refractivity contribution is -0.132. The molecule has 0 aromatic carbocycles. The Labute approximate surface area is 105 Å². The van der Waals surface area contributed by atoms with Crippen LogP contribution in [0.15, 0.2) is 0 Å². The van der Waals surface area contributed by atoms with E-state index in [1.165, 1.54) is 12.8 Å². The number of amides is 1. The van der Waals surface area contributed by atoms with Crippen molar-refractivity contribution in [1.29, 1.82) is 0 Å². The predicted molar refractivity (Wildman–Crippen MR) is 71.1 cm³/mol. The van der Waals surface area contributed by atoms with Crippen molar-refractivity contribution in [3.05, 3.63) is 0 Å². The van der Waals surface area contributed by atoms with Crippen molar-refractivity contribution < 1.29 is 4.79 Å². The lowest BCUT2D eigenvalue weighted by atomic mass is 10.3. The first-order valence-corrected chi connectivity index (χ1v) is 6.98. The van der Waals surface area contributed by atoms with E-state index in [9.17, 15) is 4.79 Å². The van der Waals surface area contributed by atoms with E-state index in [0.29, 0.717) is 12.5 Å². The van der Waals surface area contributed by atoms with Crippen LogP contribution in [0, 0.1) is 0 Å². The van der Waals surface area contributed by atoms with Gasteiger partial charge in [-0.05, 0) is 32.5 Å². The summed E-state index contributed by atoms with van der Waals surface area (Å²) in [4.78, 5) is 16.4. The third-order valence-corrected chi connectivity index (χ3v) is 3.33. The number of carbonyl (C=O) groups is 1. The minimum atomic E-state index is 0.298. The molecule has 1 saturated heterocycles. The van der Waals surface area contributed by atoms with Gasteiger partial charge in [0.15, 0.2) is 0 Å². The number of hydrogen-bond donors (Lipinski definition) is 1. The highest BCUT2D eigenvalue weighted by Gasteiger charge is 2.17. The van der Waals surface area contributed by atoms with Crippen molar-refractivity contribution in [3.8, 4) is 0 Å². The number of unbranched alkanes of at least 4 members (excludes halogenated alkanes) is 1. The normalized spacial score (nSPS) is 17.2. The summed E-state index contributed by atoms with van der Waals surface area (Å²) in [6, 6.07) is 0. The molecule has 17 heavy (non-hydrogen) atoms. The van der Waals surface area contributed by atoms with E-state index in [4.69, 9.17) is 0 Å². The smallest absolute Gasteiger partial charge is 0.236 e. The van der Waals surface area contributed by atoms with E-state index >= 15 is 0 Å². The highest BCUT2D eigenvalue weighted by molar-refractivity contribution is 5.78. The van der Waals surface area contributed by atoms with Crippen molar-refractivity contribution in [2.45, 2.75) is 33.1 Å². The topological polar surface area (TPSA) is 35.6 Å². The second-order valence-corrected chi connectivity index (χ2v) is 4.71. The molecule has 1 amide bonds. The van der Waals surface area contributed by atoms with Crippen LogP contribution in [-0.2, 0) is 4.79 Å². The highest BCUT2D eigenvalue weighted by Crippen LogP contribution is 2.00. The third kappa shape index (κ3) is 5.50. The first-order valence-electron chi connectivity index (χ1n) is 6.98. The molecule has 0 aromatic rings. The maximum absolute atomic E-state index is 12.1. The van der Waals surface area contributed by atoms with Gasteiger partial charge >= 0.3 is 0 Å². The maximum Gasteiger partial charge on any atom is 0.236 e. The predicted octanol–water partition coefficient (Wildman–Crippen LogP) is 0.930. The minimum absolute atomic E-state index is 0.298. The molecule has 1 aliphatic heterocycles. The molecule has 0 bridgehead atoms. The van der Waals surface area contributed by atoms with Crippen LogP contribution in [0.25, 0.3) is 0 Å². The van der Waals surface area contributed by atoms with E-state index in [0.717, 1.165) is 45.7 Å². The van der Waals surface area contributed by atoms with Crippen LogP contribution in [0.1, 0.15) is 33.1 Å². The van der Waals surface area contributed by atoms with Gasteiger partial charge in [0.1, 0.15) is 0 Å². The fourth-order valence-electron chi connectivity index (χ4n) is 2.12. The number of nitrogens with zero attached hydrogens (tertiary/aromatic N) is 2. The Kier molecular flexibility index (Phi) is 7.21. The van der Waals surface area contributed by atoms with Crippen LogP contribution in [0.4, 0.5) is 0 Å². The van der Waals surface area contributed by atoms with Gasteiger partial charge in [-0.2, -0.15) is 0 Å². The zero-order chi connectivity index (χ0) is 12.5. The molecule has 0 spiro atoms. The molecule has 1 heterocycles. The SMILES string of the molecule is CCCCN(CC)CC(=O)N1CCCNCC1. The average Bonchev–Trinajstić information content (AvgIpc) is 2.63. The summed E-state index contributed by atoms with van der Waals surface area (Å²) < 4.78 is 0. The Bertz CT molecular complexity index is 213. The maximum atomic E-state index is 12.1.